The number of halogens is 1. The first-order valence-electron chi connectivity index (χ1n) is 9.88. The summed E-state index contributed by atoms with van der Waals surface area (Å²) in [5, 5.41) is 12.3. The third-order valence-electron chi connectivity index (χ3n) is 4.75. The van der Waals surface area contributed by atoms with Crippen molar-refractivity contribution in [2.45, 2.75) is 27.0 Å². The van der Waals surface area contributed by atoms with Gasteiger partial charge in [0.2, 0.25) is 0 Å². The van der Waals surface area contributed by atoms with E-state index in [9.17, 15) is 10.1 Å². The van der Waals surface area contributed by atoms with Gasteiger partial charge in [-0.2, -0.15) is 5.26 Å². The van der Waals surface area contributed by atoms with Crippen LogP contribution in [0.4, 0.5) is 0 Å². The maximum atomic E-state index is 12.4. The molecule has 5 heteroatoms. The molecule has 0 spiro atoms. The summed E-state index contributed by atoms with van der Waals surface area (Å²) in [4.78, 5) is 12.4. The van der Waals surface area contributed by atoms with Crippen molar-refractivity contribution >= 4 is 27.9 Å². The van der Waals surface area contributed by atoms with Gasteiger partial charge in [-0.3, -0.25) is 4.79 Å². The highest BCUT2D eigenvalue weighted by Gasteiger charge is 2.11. The van der Waals surface area contributed by atoms with E-state index >= 15 is 0 Å². The minimum Gasteiger partial charge on any atom is -0.488 e. The number of hydrogen-bond acceptors (Lipinski definition) is 3. The van der Waals surface area contributed by atoms with E-state index in [-0.39, 0.29) is 5.57 Å². The van der Waals surface area contributed by atoms with E-state index < -0.39 is 5.91 Å². The molecule has 0 radical (unpaired) electrons. The number of carbonyl (C=O) groups excluding carboxylic acids is 1. The highest BCUT2D eigenvalue weighted by molar-refractivity contribution is 9.10. The van der Waals surface area contributed by atoms with E-state index in [1.165, 1.54) is 0 Å². The first kappa shape index (κ1) is 22.3. The number of nitrogens with zero attached hydrogens (tertiary/aromatic N) is 1. The monoisotopic (exact) mass is 474 g/mol. The zero-order chi connectivity index (χ0) is 22.2. The van der Waals surface area contributed by atoms with Crippen LogP contribution in [0.5, 0.6) is 5.75 Å². The Hall–Kier alpha value is -3.36. The lowest BCUT2D eigenvalue weighted by Crippen LogP contribution is -2.23. The summed E-state index contributed by atoms with van der Waals surface area (Å²) in [5.74, 6) is 0.421. The molecule has 0 atom stereocenters. The fourth-order valence-corrected chi connectivity index (χ4v) is 3.48. The van der Waals surface area contributed by atoms with Crippen molar-refractivity contribution < 1.29 is 9.53 Å². The van der Waals surface area contributed by atoms with Crippen molar-refractivity contribution in [2.75, 3.05) is 0 Å². The van der Waals surface area contributed by atoms with Crippen LogP contribution < -0.4 is 10.1 Å². The van der Waals surface area contributed by atoms with Crippen molar-refractivity contribution in [1.82, 2.24) is 5.32 Å². The lowest BCUT2D eigenvalue weighted by Gasteiger charge is -2.13. The molecule has 31 heavy (non-hydrogen) atoms. The van der Waals surface area contributed by atoms with E-state index in [1.807, 2.05) is 86.6 Å². The van der Waals surface area contributed by atoms with Crippen LogP contribution in [0, 0.1) is 25.2 Å². The molecule has 3 rings (SSSR count). The molecule has 0 saturated heterocycles. The van der Waals surface area contributed by atoms with Gasteiger partial charge in [-0.15, -0.1) is 0 Å². The zero-order valence-electron chi connectivity index (χ0n) is 17.5. The van der Waals surface area contributed by atoms with Gasteiger partial charge in [0.1, 0.15) is 24.0 Å². The Kier molecular flexibility index (Phi) is 7.64. The van der Waals surface area contributed by atoms with Gasteiger partial charge in [0.15, 0.2) is 0 Å². The Bertz CT molecular complexity index is 1110. The minimum absolute atomic E-state index is 0.0678. The summed E-state index contributed by atoms with van der Waals surface area (Å²) >= 11 is 3.43. The second-order valence-electron chi connectivity index (χ2n) is 7.24. The number of benzene rings is 3. The van der Waals surface area contributed by atoms with Gasteiger partial charge in [0, 0.05) is 11.0 Å². The third-order valence-corrected chi connectivity index (χ3v) is 5.28. The summed E-state index contributed by atoms with van der Waals surface area (Å²) in [6, 6.07) is 23.4. The van der Waals surface area contributed by atoms with Crippen LogP contribution in [0.3, 0.4) is 0 Å². The van der Waals surface area contributed by atoms with E-state index in [2.05, 4.69) is 21.2 Å². The molecular weight excluding hydrogens is 452 g/mol. The maximum Gasteiger partial charge on any atom is 0.262 e. The van der Waals surface area contributed by atoms with Gasteiger partial charge in [-0.05, 0) is 72.0 Å². The smallest absolute Gasteiger partial charge is 0.262 e. The Morgan fingerprint density at radius 2 is 1.68 bits per heavy atom. The normalized spacial score (nSPS) is 11.0. The van der Waals surface area contributed by atoms with E-state index in [4.69, 9.17) is 4.74 Å². The molecule has 0 heterocycles. The Balaban J connectivity index is 1.71. The van der Waals surface area contributed by atoms with Crippen molar-refractivity contribution in [3.05, 3.63) is 105 Å². The number of carbonyl (C=O) groups is 1. The molecule has 0 bridgehead atoms. The van der Waals surface area contributed by atoms with Gasteiger partial charge in [0.05, 0.1) is 0 Å². The second kappa shape index (κ2) is 10.6. The molecule has 0 aromatic heterocycles. The maximum absolute atomic E-state index is 12.4. The van der Waals surface area contributed by atoms with Gasteiger partial charge < -0.3 is 10.1 Å². The number of hydrogen-bond donors (Lipinski definition) is 1. The molecule has 0 aliphatic rings. The summed E-state index contributed by atoms with van der Waals surface area (Å²) in [7, 11) is 0. The molecule has 1 amide bonds. The third kappa shape index (κ3) is 6.31. The first-order valence-corrected chi connectivity index (χ1v) is 10.7. The van der Waals surface area contributed by atoms with Gasteiger partial charge in [-0.25, -0.2) is 0 Å². The minimum atomic E-state index is -0.391. The van der Waals surface area contributed by atoms with Crippen molar-refractivity contribution in [1.29, 1.82) is 5.26 Å². The van der Waals surface area contributed by atoms with Crippen LogP contribution in [0.25, 0.3) is 6.08 Å². The highest BCUT2D eigenvalue weighted by Crippen LogP contribution is 2.27. The molecule has 4 nitrogen and oxygen atoms in total. The molecular formula is C26H23BrN2O2. The van der Waals surface area contributed by atoms with Crippen LogP contribution in [-0.2, 0) is 17.9 Å². The average Bonchev–Trinajstić information content (AvgIpc) is 2.77. The molecule has 156 valence electrons. The van der Waals surface area contributed by atoms with E-state index in [0.717, 1.165) is 38.0 Å². The standard InChI is InChI=1S/C26H23BrN2O2/c1-18-12-22(13-19(2)25(18)31-17-21-8-10-24(27)11-9-21)14-23(15-28)26(30)29-16-20-6-4-3-5-7-20/h3-14H,16-17H2,1-2H3,(H,29,30)/b23-14+. The summed E-state index contributed by atoms with van der Waals surface area (Å²) in [6.45, 7) is 4.76. The molecule has 3 aromatic rings. The number of rotatable bonds is 7. The van der Waals surface area contributed by atoms with Crippen molar-refractivity contribution in [3.63, 3.8) is 0 Å². The zero-order valence-corrected chi connectivity index (χ0v) is 19.1. The lowest BCUT2D eigenvalue weighted by molar-refractivity contribution is -0.117. The van der Waals surface area contributed by atoms with E-state index in [1.54, 1.807) is 6.08 Å². The Labute approximate surface area is 191 Å². The fraction of sp³-hybridized carbons (Fsp3) is 0.154. The lowest BCUT2D eigenvalue weighted by atomic mass is 10.0. The van der Waals surface area contributed by atoms with E-state index in [0.29, 0.717) is 13.2 Å². The topological polar surface area (TPSA) is 62.1 Å². The largest absolute Gasteiger partial charge is 0.488 e. The Morgan fingerprint density at radius 3 is 2.29 bits per heavy atom. The quantitative estimate of drug-likeness (QED) is 0.344. The number of ether oxygens (including phenoxy) is 1. The summed E-state index contributed by atoms with van der Waals surface area (Å²) in [5.41, 5.74) is 4.81. The number of amides is 1. The summed E-state index contributed by atoms with van der Waals surface area (Å²) < 4.78 is 7.06. The fourth-order valence-electron chi connectivity index (χ4n) is 3.22. The average molecular weight is 475 g/mol. The van der Waals surface area contributed by atoms with Crippen molar-refractivity contribution in [2.24, 2.45) is 0 Å². The molecule has 0 fully saturated rings. The van der Waals surface area contributed by atoms with Crippen molar-refractivity contribution in [3.8, 4) is 11.8 Å². The predicted octanol–water partition coefficient (Wildman–Crippen LogP) is 5.87. The van der Waals surface area contributed by atoms with Crippen LogP contribution in [-0.4, -0.2) is 5.91 Å². The predicted molar refractivity (Wildman–Crippen MR) is 126 cm³/mol. The SMILES string of the molecule is Cc1cc(/C=C(\C#N)C(=O)NCc2ccccc2)cc(C)c1OCc1ccc(Br)cc1. The number of aryl methyl sites for hydroxylation is 2. The van der Waals surface area contributed by atoms with Crippen LogP contribution >= 0.6 is 15.9 Å². The molecule has 0 aliphatic carbocycles. The van der Waals surface area contributed by atoms with Gasteiger partial charge >= 0.3 is 0 Å². The van der Waals surface area contributed by atoms with Gasteiger partial charge in [0.25, 0.3) is 5.91 Å². The number of nitriles is 1. The second-order valence-corrected chi connectivity index (χ2v) is 8.15. The number of nitrogens with one attached hydrogen (secondary N) is 1. The van der Waals surface area contributed by atoms with Crippen LogP contribution in [0.15, 0.2) is 76.8 Å². The summed E-state index contributed by atoms with van der Waals surface area (Å²) in [6.07, 6.45) is 1.61. The molecule has 0 aliphatic heterocycles. The van der Waals surface area contributed by atoms with Crippen LogP contribution in [0.2, 0.25) is 0 Å². The van der Waals surface area contributed by atoms with Gasteiger partial charge in [-0.1, -0.05) is 58.4 Å². The molecule has 3 aromatic carbocycles. The molecule has 0 saturated carbocycles. The van der Waals surface area contributed by atoms with Crippen LogP contribution in [0.1, 0.15) is 27.8 Å². The first-order chi connectivity index (χ1) is 15.0. The molecule has 1 N–H and O–H groups in total. The highest BCUT2D eigenvalue weighted by atomic mass is 79.9. The Morgan fingerprint density at radius 1 is 1.03 bits per heavy atom. The molecule has 0 unspecified atom stereocenters.